The van der Waals surface area contributed by atoms with E-state index < -0.39 is 28.6 Å². The first-order valence-electron chi connectivity index (χ1n) is 5.76. The summed E-state index contributed by atoms with van der Waals surface area (Å²) in [5, 5.41) is 20.1. The summed E-state index contributed by atoms with van der Waals surface area (Å²) in [6.45, 7) is -0.970. The van der Waals surface area contributed by atoms with Gasteiger partial charge in [0.15, 0.2) is 0 Å². The molecule has 0 spiro atoms. The zero-order chi connectivity index (χ0) is 15.6. The van der Waals surface area contributed by atoms with Crippen LogP contribution in [-0.2, 0) is 20.8 Å². The number of hydrogen-bond donors (Lipinski definition) is 2. The lowest BCUT2D eigenvalue weighted by Gasteiger charge is -2.23. The monoisotopic (exact) mass is 371 g/mol. The molecular formula is C13H10BrNO5S. The predicted octanol–water partition coefficient (Wildman–Crippen LogP) is 1.94. The third-order valence-corrected chi connectivity index (χ3v) is 4.28. The lowest BCUT2D eigenvalue weighted by Crippen LogP contribution is -2.37. The van der Waals surface area contributed by atoms with E-state index in [4.69, 9.17) is 0 Å². The number of hydrogen-bond acceptors (Lipinski definition) is 5. The SMILES string of the molecule is O=C(O)C(CO)(N=S(=O)=O)c1ccc(Br)c2ccccc12. The summed E-state index contributed by atoms with van der Waals surface area (Å²) in [7, 11) is -2.98. The van der Waals surface area contributed by atoms with Crippen LogP contribution in [0.3, 0.4) is 0 Å². The van der Waals surface area contributed by atoms with Gasteiger partial charge >= 0.3 is 16.5 Å². The first-order chi connectivity index (χ1) is 9.92. The minimum Gasteiger partial charge on any atom is -0.479 e. The van der Waals surface area contributed by atoms with Gasteiger partial charge < -0.3 is 10.2 Å². The Kier molecular flexibility index (Phi) is 4.40. The number of rotatable bonds is 4. The number of carbonyl (C=O) groups is 1. The molecule has 0 heterocycles. The number of benzene rings is 2. The van der Waals surface area contributed by atoms with E-state index in [-0.39, 0.29) is 5.56 Å². The molecule has 1 unspecified atom stereocenters. The van der Waals surface area contributed by atoms with Crippen molar-refractivity contribution in [2.24, 2.45) is 4.36 Å². The smallest absolute Gasteiger partial charge is 0.340 e. The molecular weight excluding hydrogens is 362 g/mol. The van der Waals surface area contributed by atoms with Crippen molar-refractivity contribution in [3.8, 4) is 0 Å². The van der Waals surface area contributed by atoms with Crippen molar-refractivity contribution < 1.29 is 23.4 Å². The Labute approximate surface area is 129 Å². The van der Waals surface area contributed by atoms with Gasteiger partial charge in [0, 0.05) is 10.0 Å². The van der Waals surface area contributed by atoms with E-state index >= 15 is 0 Å². The van der Waals surface area contributed by atoms with Crippen LogP contribution < -0.4 is 0 Å². The van der Waals surface area contributed by atoms with Gasteiger partial charge in [0.1, 0.15) is 0 Å². The van der Waals surface area contributed by atoms with Crippen LogP contribution in [0.5, 0.6) is 0 Å². The highest BCUT2D eigenvalue weighted by molar-refractivity contribution is 9.10. The Hall–Kier alpha value is -1.77. The highest BCUT2D eigenvalue weighted by Crippen LogP contribution is 2.35. The van der Waals surface area contributed by atoms with Crippen LogP contribution >= 0.6 is 15.9 Å². The minimum absolute atomic E-state index is 0.112. The molecule has 8 heteroatoms. The molecule has 0 aliphatic heterocycles. The fourth-order valence-corrected chi connectivity index (χ4v) is 3.10. The van der Waals surface area contributed by atoms with Crippen molar-refractivity contribution in [1.29, 1.82) is 0 Å². The summed E-state index contributed by atoms with van der Waals surface area (Å²) in [5.74, 6) is -1.54. The van der Waals surface area contributed by atoms with E-state index in [0.29, 0.717) is 10.8 Å². The van der Waals surface area contributed by atoms with Gasteiger partial charge in [-0.3, -0.25) is 0 Å². The lowest BCUT2D eigenvalue weighted by atomic mass is 9.88. The maximum absolute atomic E-state index is 11.6. The number of fused-ring (bicyclic) bond motifs is 1. The third kappa shape index (κ3) is 2.69. The Bertz CT molecular complexity index is 841. The van der Waals surface area contributed by atoms with Gasteiger partial charge in [-0.15, -0.1) is 4.36 Å². The second-order valence-corrected chi connectivity index (χ2v) is 5.74. The van der Waals surface area contributed by atoms with E-state index in [1.165, 1.54) is 6.07 Å². The third-order valence-electron chi connectivity index (χ3n) is 3.13. The molecule has 6 nitrogen and oxygen atoms in total. The van der Waals surface area contributed by atoms with Gasteiger partial charge in [-0.2, -0.15) is 8.42 Å². The standard InChI is InChI=1S/C13H10BrNO5S/c14-11-6-5-10(8-3-1-2-4-9(8)11)13(7-16,12(17)18)15-21(19)20/h1-6,16H,7H2,(H,17,18). The molecule has 2 aromatic rings. The van der Waals surface area contributed by atoms with Crippen LogP contribution in [0, 0.1) is 0 Å². The van der Waals surface area contributed by atoms with E-state index in [9.17, 15) is 23.4 Å². The van der Waals surface area contributed by atoms with Gasteiger partial charge in [0.05, 0.1) is 6.61 Å². The van der Waals surface area contributed by atoms with Gasteiger partial charge in [0.2, 0.25) is 5.54 Å². The van der Waals surface area contributed by atoms with Gasteiger partial charge in [-0.05, 0) is 16.8 Å². The van der Waals surface area contributed by atoms with Crippen LogP contribution in [0.1, 0.15) is 5.56 Å². The first kappa shape index (κ1) is 15.6. The van der Waals surface area contributed by atoms with Gasteiger partial charge in [0.25, 0.3) is 0 Å². The molecule has 0 aliphatic rings. The van der Waals surface area contributed by atoms with Crippen LogP contribution in [0.15, 0.2) is 45.2 Å². The predicted molar refractivity (Wildman–Crippen MR) is 79.4 cm³/mol. The summed E-state index contributed by atoms with van der Waals surface area (Å²) in [5.41, 5.74) is -2.15. The number of aliphatic hydroxyl groups is 1. The van der Waals surface area contributed by atoms with E-state index in [1.807, 2.05) is 0 Å². The molecule has 0 aromatic heterocycles. The molecule has 0 amide bonds. The number of aliphatic carboxylic acids is 1. The molecule has 0 fully saturated rings. The molecule has 0 saturated carbocycles. The lowest BCUT2D eigenvalue weighted by molar-refractivity contribution is -0.145. The van der Waals surface area contributed by atoms with E-state index in [1.54, 1.807) is 30.3 Å². The highest BCUT2D eigenvalue weighted by Gasteiger charge is 2.42. The van der Waals surface area contributed by atoms with E-state index in [0.717, 1.165) is 4.47 Å². The van der Waals surface area contributed by atoms with Crippen molar-refractivity contribution in [3.63, 3.8) is 0 Å². The minimum atomic E-state index is -2.98. The highest BCUT2D eigenvalue weighted by atomic mass is 79.9. The van der Waals surface area contributed by atoms with Crippen molar-refractivity contribution in [2.75, 3.05) is 6.61 Å². The number of carboxylic acid groups (broad SMARTS) is 1. The fourth-order valence-electron chi connectivity index (χ4n) is 2.14. The van der Waals surface area contributed by atoms with Gasteiger partial charge in [-0.25, -0.2) is 4.79 Å². The van der Waals surface area contributed by atoms with Crippen molar-refractivity contribution in [2.45, 2.75) is 5.54 Å². The molecule has 2 rings (SSSR count). The molecule has 1 atom stereocenters. The fraction of sp³-hybridized carbons (Fsp3) is 0.154. The molecule has 2 aromatic carbocycles. The normalized spacial score (nSPS) is 13.6. The largest absolute Gasteiger partial charge is 0.479 e. The second-order valence-electron chi connectivity index (χ2n) is 4.27. The number of aliphatic hydroxyl groups excluding tert-OH is 1. The second kappa shape index (κ2) is 5.92. The van der Waals surface area contributed by atoms with Crippen LogP contribution in [-0.4, -0.2) is 31.2 Å². The number of carboxylic acids is 1. The molecule has 0 bridgehead atoms. The Morgan fingerprint density at radius 3 is 2.33 bits per heavy atom. The van der Waals surface area contributed by atoms with Crippen LogP contribution in [0.2, 0.25) is 0 Å². The maximum atomic E-state index is 11.6. The Morgan fingerprint density at radius 1 is 1.19 bits per heavy atom. The molecule has 2 N–H and O–H groups in total. The summed E-state index contributed by atoms with van der Waals surface area (Å²) in [4.78, 5) is 11.6. The van der Waals surface area contributed by atoms with Crippen molar-refractivity contribution in [3.05, 3.63) is 46.4 Å². The quantitative estimate of drug-likeness (QED) is 0.854. The average molecular weight is 372 g/mol. The summed E-state index contributed by atoms with van der Waals surface area (Å²) < 4.78 is 25.8. The topological polar surface area (TPSA) is 104 Å². The molecule has 0 saturated heterocycles. The summed E-state index contributed by atoms with van der Waals surface area (Å²) in [6, 6.07) is 9.88. The zero-order valence-corrected chi connectivity index (χ0v) is 12.9. The molecule has 0 radical (unpaired) electrons. The Morgan fingerprint density at radius 2 is 1.81 bits per heavy atom. The van der Waals surface area contributed by atoms with Crippen LogP contribution in [0.25, 0.3) is 10.8 Å². The van der Waals surface area contributed by atoms with Crippen molar-refractivity contribution >= 4 is 43.2 Å². The van der Waals surface area contributed by atoms with E-state index in [2.05, 4.69) is 20.3 Å². The molecule has 110 valence electrons. The number of nitrogens with zero attached hydrogens (tertiary/aromatic N) is 1. The van der Waals surface area contributed by atoms with Gasteiger partial charge in [-0.1, -0.05) is 46.3 Å². The molecule has 0 aliphatic carbocycles. The number of halogens is 1. The van der Waals surface area contributed by atoms with Crippen LogP contribution in [0.4, 0.5) is 0 Å². The zero-order valence-electron chi connectivity index (χ0n) is 10.5. The first-order valence-corrected chi connectivity index (χ1v) is 7.59. The average Bonchev–Trinajstić information content (AvgIpc) is 2.45. The summed E-state index contributed by atoms with van der Waals surface area (Å²) >= 11 is 3.35. The maximum Gasteiger partial charge on any atom is 0.340 e. The molecule has 21 heavy (non-hydrogen) atoms. The van der Waals surface area contributed by atoms with Crippen molar-refractivity contribution in [1.82, 2.24) is 0 Å². The summed E-state index contributed by atoms with van der Waals surface area (Å²) in [6.07, 6.45) is 0. The Balaban J connectivity index is 2.94.